The Bertz CT molecular complexity index is 785. The molecule has 0 spiro atoms. The van der Waals surface area contributed by atoms with Gasteiger partial charge in [-0.05, 0) is 31.2 Å². The monoisotopic (exact) mass is 343 g/mol. The number of carbonyl (C=O) groups is 1. The average Bonchev–Trinajstić information content (AvgIpc) is 3.25. The number of thioether (sulfide) groups is 1. The Kier molecular flexibility index (Phi) is 5.32. The maximum atomic E-state index is 12.5. The highest BCUT2D eigenvalue weighted by Crippen LogP contribution is 2.25. The number of aryl methyl sites for hydroxylation is 1. The second kappa shape index (κ2) is 7.83. The first-order valence-electron chi connectivity index (χ1n) is 7.50. The Hall–Kier alpha value is -2.54. The van der Waals surface area contributed by atoms with Crippen LogP contribution in [0.15, 0.2) is 51.9 Å². The first-order valence-corrected chi connectivity index (χ1v) is 8.66. The summed E-state index contributed by atoms with van der Waals surface area (Å²) in [5.41, 5.74) is 1.75. The number of carbonyl (C=O) groups excluding carboxylic acids is 1. The SMILES string of the molecule is Cc1noc(-c2cccnc2)c1C(=O)NCCSCc1ccco1. The van der Waals surface area contributed by atoms with E-state index < -0.39 is 0 Å². The van der Waals surface area contributed by atoms with Crippen LogP contribution in [0.4, 0.5) is 0 Å². The summed E-state index contributed by atoms with van der Waals surface area (Å²) in [6.07, 6.45) is 4.98. The minimum atomic E-state index is -0.189. The molecule has 3 aromatic heterocycles. The van der Waals surface area contributed by atoms with E-state index in [2.05, 4.69) is 15.5 Å². The lowest BCUT2D eigenvalue weighted by Gasteiger charge is -2.05. The average molecular weight is 343 g/mol. The molecule has 1 N–H and O–H groups in total. The molecule has 0 aliphatic rings. The van der Waals surface area contributed by atoms with E-state index in [-0.39, 0.29) is 5.91 Å². The van der Waals surface area contributed by atoms with Gasteiger partial charge < -0.3 is 14.3 Å². The van der Waals surface area contributed by atoms with E-state index in [1.807, 2.05) is 18.2 Å². The fraction of sp³-hybridized carbons (Fsp3) is 0.235. The van der Waals surface area contributed by atoms with Crippen molar-refractivity contribution in [2.24, 2.45) is 0 Å². The van der Waals surface area contributed by atoms with Gasteiger partial charge in [0.1, 0.15) is 11.3 Å². The van der Waals surface area contributed by atoms with Gasteiger partial charge in [-0.25, -0.2) is 0 Å². The molecule has 124 valence electrons. The molecule has 3 rings (SSSR count). The van der Waals surface area contributed by atoms with Crippen molar-refractivity contribution in [1.29, 1.82) is 0 Å². The highest BCUT2D eigenvalue weighted by Gasteiger charge is 2.21. The topological polar surface area (TPSA) is 81.2 Å². The second-order valence-corrected chi connectivity index (χ2v) is 6.21. The highest BCUT2D eigenvalue weighted by molar-refractivity contribution is 7.98. The van der Waals surface area contributed by atoms with Gasteiger partial charge >= 0.3 is 0 Å². The molecule has 0 atom stereocenters. The standard InChI is InChI=1S/C17H17N3O3S/c1-12-15(16(23-20-12)13-4-2-6-18-10-13)17(21)19-7-9-24-11-14-5-3-8-22-14/h2-6,8,10H,7,9,11H2,1H3,(H,19,21). The third-order valence-corrected chi connectivity index (χ3v) is 4.35. The van der Waals surface area contributed by atoms with Crippen molar-refractivity contribution in [1.82, 2.24) is 15.5 Å². The number of rotatable bonds is 7. The van der Waals surface area contributed by atoms with E-state index in [9.17, 15) is 4.79 Å². The summed E-state index contributed by atoms with van der Waals surface area (Å²) >= 11 is 1.70. The lowest BCUT2D eigenvalue weighted by Crippen LogP contribution is -2.26. The van der Waals surface area contributed by atoms with E-state index in [1.165, 1.54) is 0 Å². The summed E-state index contributed by atoms with van der Waals surface area (Å²) in [6.45, 7) is 2.31. The van der Waals surface area contributed by atoms with Crippen molar-refractivity contribution in [2.45, 2.75) is 12.7 Å². The third-order valence-electron chi connectivity index (χ3n) is 3.37. The van der Waals surface area contributed by atoms with Gasteiger partial charge in [0.15, 0.2) is 5.76 Å². The van der Waals surface area contributed by atoms with Crippen LogP contribution < -0.4 is 5.32 Å². The molecule has 0 saturated heterocycles. The lowest BCUT2D eigenvalue weighted by atomic mass is 10.1. The molecule has 3 heterocycles. The van der Waals surface area contributed by atoms with Crippen molar-refractivity contribution < 1.29 is 13.7 Å². The van der Waals surface area contributed by atoms with Gasteiger partial charge in [0.2, 0.25) is 0 Å². The summed E-state index contributed by atoms with van der Waals surface area (Å²) < 4.78 is 10.6. The summed E-state index contributed by atoms with van der Waals surface area (Å²) in [4.78, 5) is 16.5. The van der Waals surface area contributed by atoms with Gasteiger partial charge in [-0.15, -0.1) is 0 Å². The zero-order chi connectivity index (χ0) is 16.8. The number of furan rings is 1. The first-order chi connectivity index (χ1) is 11.8. The van der Waals surface area contributed by atoms with Gasteiger partial charge in [-0.1, -0.05) is 5.16 Å². The predicted octanol–water partition coefficient (Wildman–Crippen LogP) is 3.30. The van der Waals surface area contributed by atoms with Crippen LogP contribution in [0.2, 0.25) is 0 Å². The molecule has 3 aromatic rings. The molecule has 0 bridgehead atoms. The van der Waals surface area contributed by atoms with E-state index in [4.69, 9.17) is 8.94 Å². The molecule has 24 heavy (non-hydrogen) atoms. The van der Waals surface area contributed by atoms with Gasteiger partial charge in [-0.3, -0.25) is 9.78 Å². The fourth-order valence-electron chi connectivity index (χ4n) is 2.22. The Morgan fingerprint density at radius 1 is 1.33 bits per heavy atom. The van der Waals surface area contributed by atoms with Crippen LogP contribution in [0.1, 0.15) is 21.8 Å². The highest BCUT2D eigenvalue weighted by atomic mass is 32.2. The summed E-state index contributed by atoms with van der Waals surface area (Å²) in [7, 11) is 0. The van der Waals surface area contributed by atoms with Crippen LogP contribution in [0.3, 0.4) is 0 Å². The van der Waals surface area contributed by atoms with Gasteiger partial charge in [0.25, 0.3) is 5.91 Å². The maximum Gasteiger partial charge on any atom is 0.257 e. The van der Waals surface area contributed by atoms with Crippen molar-refractivity contribution in [3.05, 3.63) is 59.9 Å². The summed E-state index contributed by atoms with van der Waals surface area (Å²) in [5, 5.41) is 6.82. The molecular weight excluding hydrogens is 326 g/mol. The number of nitrogens with one attached hydrogen (secondary N) is 1. The van der Waals surface area contributed by atoms with E-state index in [0.717, 1.165) is 22.8 Å². The molecule has 0 unspecified atom stereocenters. The smallest absolute Gasteiger partial charge is 0.257 e. The largest absolute Gasteiger partial charge is 0.468 e. The number of amides is 1. The van der Waals surface area contributed by atoms with Crippen LogP contribution in [0.5, 0.6) is 0 Å². The Morgan fingerprint density at radius 3 is 3.00 bits per heavy atom. The Morgan fingerprint density at radius 2 is 2.25 bits per heavy atom. The first kappa shape index (κ1) is 16.3. The quantitative estimate of drug-likeness (QED) is 0.663. The van der Waals surface area contributed by atoms with Crippen LogP contribution in [0, 0.1) is 6.92 Å². The maximum absolute atomic E-state index is 12.5. The normalized spacial score (nSPS) is 10.7. The molecule has 0 saturated carbocycles. The lowest BCUT2D eigenvalue weighted by molar-refractivity contribution is 0.0956. The fourth-order valence-corrected chi connectivity index (χ4v) is 2.98. The Balaban J connectivity index is 1.56. The van der Waals surface area contributed by atoms with Gasteiger partial charge in [-0.2, -0.15) is 11.8 Å². The van der Waals surface area contributed by atoms with E-state index >= 15 is 0 Å². The molecule has 0 aromatic carbocycles. The number of pyridine rings is 1. The molecule has 0 aliphatic carbocycles. The zero-order valence-electron chi connectivity index (χ0n) is 13.2. The molecule has 0 aliphatic heterocycles. The second-order valence-electron chi connectivity index (χ2n) is 5.10. The van der Waals surface area contributed by atoms with Crippen LogP contribution in [0.25, 0.3) is 11.3 Å². The minimum Gasteiger partial charge on any atom is -0.468 e. The van der Waals surface area contributed by atoms with Crippen LogP contribution in [-0.4, -0.2) is 28.3 Å². The predicted molar refractivity (Wildman–Crippen MR) is 91.7 cm³/mol. The van der Waals surface area contributed by atoms with Crippen molar-refractivity contribution >= 4 is 17.7 Å². The summed E-state index contributed by atoms with van der Waals surface area (Å²) in [6, 6.07) is 7.43. The van der Waals surface area contributed by atoms with Crippen LogP contribution >= 0.6 is 11.8 Å². The van der Waals surface area contributed by atoms with Crippen molar-refractivity contribution in [3.63, 3.8) is 0 Å². The van der Waals surface area contributed by atoms with Crippen molar-refractivity contribution in [3.8, 4) is 11.3 Å². The third kappa shape index (κ3) is 3.86. The minimum absolute atomic E-state index is 0.189. The molecule has 0 fully saturated rings. The van der Waals surface area contributed by atoms with Gasteiger partial charge in [0.05, 0.1) is 17.7 Å². The van der Waals surface area contributed by atoms with Crippen LogP contribution in [-0.2, 0) is 5.75 Å². The van der Waals surface area contributed by atoms with E-state index in [1.54, 1.807) is 43.4 Å². The zero-order valence-corrected chi connectivity index (χ0v) is 14.0. The number of hydrogen-bond donors (Lipinski definition) is 1. The molecule has 7 heteroatoms. The molecular formula is C17H17N3O3S. The van der Waals surface area contributed by atoms with Crippen molar-refractivity contribution in [2.75, 3.05) is 12.3 Å². The van der Waals surface area contributed by atoms with Gasteiger partial charge in [0, 0.05) is 30.3 Å². The molecule has 1 amide bonds. The molecule has 6 nitrogen and oxygen atoms in total. The Labute approximate surface area is 143 Å². The number of aromatic nitrogens is 2. The number of hydrogen-bond acceptors (Lipinski definition) is 6. The van der Waals surface area contributed by atoms with E-state index in [0.29, 0.717) is 23.6 Å². The number of nitrogens with zero attached hydrogens (tertiary/aromatic N) is 2. The summed E-state index contributed by atoms with van der Waals surface area (Å²) in [5.74, 6) is 2.77. The molecule has 0 radical (unpaired) electrons.